The zero-order valence-corrected chi connectivity index (χ0v) is 7.02. The van der Waals surface area contributed by atoms with Gasteiger partial charge in [-0.25, -0.2) is 0 Å². The van der Waals surface area contributed by atoms with Gasteiger partial charge in [0.2, 0.25) is 0 Å². The Morgan fingerprint density at radius 1 is 1.40 bits per heavy atom. The van der Waals surface area contributed by atoms with E-state index in [-0.39, 0.29) is 6.10 Å². The maximum Gasteiger partial charge on any atom is 0.0717 e. The van der Waals surface area contributed by atoms with Gasteiger partial charge in [-0.15, -0.1) is 0 Å². The first-order valence-corrected chi connectivity index (χ1v) is 3.51. The minimum absolute atomic E-state index is 0.282. The van der Waals surface area contributed by atoms with Crippen molar-refractivity contribution >= 4 is 0 Å². The third-order valence-electron chi connectivity index (χ3n) is 1.41. The lowest BCUT2D eigenvalue weighted by Crippen LogP contribution is -2.26. The van der Waals surface area contributed by atoms with Crippen LogP contribution < -0.4 is 5.32 Å². The lowest BCUT2D eigenvalue weighted by molar-refractivity contribution is 0.0677. The fourth-order valence-corrected chi connectivity index (χ4v) is 0.780. The molecule has 3 heteroatoms. The van der Waals surface area contributed by atoms with Crippen LogP contribution in [-0.4, -0.2) is 40.5 Å². The minimum atomic E-state index is 0.282. The fourth-order valence-electron chi connectivity index (χ4n) is 0.780. The quantitative estimate of drug-likeness (QED) is 0.584. The van der Waals surface area contributed by atoms with Crippen LogP contribution in [0, 0.1) is 0 Å². The molecule has 0 amide bonds. The topological polar surface area (TPSA) is 30.5 Å². The molecule has 10 heavy (non-hydrogen) atoms. The van der Waals surface area contributed by atoms with Crippen LogP contribution in [0.15, 0.2) is 0 Å². The first kappa shape index (κ1) is 9.88. The number of ether oxygens (including phenoxy) is 2. The zero-order chi connectivity index (χ0) is 7.82. The molecule has 0 aliphatic heterocycles. The predicted molar refractivity (Wildman–Crippen MR) is 41.2 cm³/mol. The summed E-state index contributed by atoms with van der Waals surface area (Å²) in [7, 11) is 5.34. The number of rotatable bonds is 6. The largest absolute Gasteiger partial charge is 0.385 e. The average molecular weight is 147 g/mol. The summed E-state index contributed by atoms with van der Waals surface area (Å²) in [5, 5.41) is 3.05. The smallest absolute Gasteiger partial charge is 0.0717 e. The second-order valence-corrected chi connectivity index (χ2v) is 2.20. The molecule has 0 heterocycles. The summed E-state index contributed by atoms with van der Waals surface area (Å²) in [5.41, 5.74) is 0. The van der Waals surface area contributed by atoms with Crippen molar-refractivity contribution in [1.29, 1.82) is 0 Å². The second-order valence-electron chi connectivity index (χ2n) is 2.20. The third kappa shape index (κ3) is 4.73. The maximum absolute atomic E-state index is 5.15. The number of nitrogens with one attached hydrogen (secondary N) is 1. The molecule has 0 unspecified atom stereocenters. The van der Waals surface area contributed by atoms with Crippen LogP contribution in [0.1, 0.15) is 6.42 Å². The van der Waals surface area contributed by atoms with Crippen molar-refractivity contribution < 1.29 is 9.47 Å². The Kier molecular flexibility index (Phi) is 6.91. The summed E-state index contributed by atoms with van der Waals surface area (Å²) in [6, 6.07) is 0. The van der Waals surface area contributed by atoms with Gasteiger partial charge in [0.15, 0.2) is 0 Å². The molecule has 62 valence electrons. The van der Waals surface area contributed by atoms with E-state index in [0.29, 0.717) is 0 Å². The van der Waals surface area contributed by atoms with Crippen LogP contribution in [0.4, 0.5) is 0 Å². The predicted octanol–water partition coefficient (Wildman–Crippen LogP) is 0.257. The van der Waals surface area contributed by atoms with Gasteiger partial charge >= 0.3 is 0 Å². The van der Waals surface area contributed by atoms with E-state index < -0.39 is 0 Å². The Morgan fingerprint density at radius 3 is 2.50 bits per heavy atom. The molecule has 1 N–H and O–H groups in total. The van der Waals surface area contributed by atoms with E-state index in [0.717, 1.165) is 19.6 Å². The van der Waals surface area contributed by atoms with E-state index in [4.69, 9.17) is 9.47 Å². The summed E-state index contributed by atoms with van der Waals surface area (Å²) >= 11 is 0. The Morgan fingerprint density at radius 2 is 2.10 bits per heavy atom. The highest BCUT2D eigenvalue weighted by Crippen LogP contribution is 1.94. The Hall–Kier alpha value is -0.120. The monoisotopic (exact) mass is 147 g/mol. The average Bonchev–Trinajstić information content (AvgIpc) is 1.98. The van der Waals surface area contributed by atoms with Gasteiger partial charge in [0.25, 0.3) is 0 Å². The summed E-state index contributed by atoms with van der Waals surface area (Å²) in [5.74, 6) is 0. The van der Waals surface area contributed by atoms with Crippen molar-refractivity contribution in [2.24, 2.45) is 0 Å². The molecule has 3 nitrogen and oxygen atoms in total. The van der Waals surface area contributed by atoms with Crippen LogP contribution in [0.5, 0.6) is 0 Å². The normalized spacial score (nSPS) is 13.5. The second kappa shape index (κ2) is 6.99. The molecule has 0 aliphatic rings. The van der Waals surface area contributed by atoms with Gasteiger partial charge in [-0.3, -0.25) is 0 Å². The third-order valence-corrected chi connectivity index (χ3v) is 1.41. The molecule has 0 saturated heterocycles. The standard InChI is InChI=1S/C7H17NO2/c1-8-6-7(10-3)4-5-9-2/h7-8H,4-6H2,1-3H3/t7-/m1/s1. The maximum atomic E-state index is 5.15. The van der Waals surface area contributed by atoms with E-state index in [2.05, 4.69) is 5.32 Å². The summed E-state index contributed by atoms with van der Waals surface area (Å²) in [6.07, 6.45) is 1.23. The van der Waals surface area contributed by atoms with Crippen molar-refractivity contribution in [3.8, 4) is 0 Å². The van der Waals surface area contributed by atoms with Crippen LogP contribution >= 0.6 is 0 Å². The SMILES string of the molecule is CNC[C@@H](CCOC)OC. The molecule has 1 atom stereocenters. The van der Waals surface area contributed by atoms with E-state index in [1.54, 1.807) is 14.2 Å². The zero-order valence-electron chi connectivity index (χ0n) is 7.02. The van der Waals surface area contributed by atoms with E-state index in [9.17, 15) is 0 Å². The lowest BCUT2D eigenvalue weighted by atomic mass is 10.2. The minimum Gasteiger partial charge on any atom is -0.385 e. The molecule has 0 bridgehead atoms. The number of methoxy groups -OCH3 is 2. The summed E-state index contributed by atoms with van der Waals surface area (Å²) in [6.45, 7) is 1.65. The van der Waals surface area contributed by atoms with E-state index >= 15 is 0 Å². The number of likely N-dealkylation sites (N-methyl/N-ethyl adjacent to an activating group) is 1. The van der Waals surface area contributed by atoms with Gasteiger partial charge in [-0.1, -0.05) is 0 Å². The lowest BCUT2D eigenvalue weighted by Gasteiger charge is -2.13. The van der Waals surface area contributed by atoms with Gasteiger partial charge in [-0.05, 0) is 13.5 Å². The molecule has 0 fully saturated rings. The molecule has 0 aromatic carbocycles. The molecule has 0 aromatic heterocycles. The van der Waals surface area contributed by atoms with Crippen LogP contribution in [0.3, 0.4) is 0 Å². The molecular formula is C7H17NO2. The Balaban J connectivity index is 3.21. The van der Waals surface area contributed by atoms with Crippen molar-refractivity contribution in [2.75, 3.05) is 34.4 Å². The van der Waals surface area contributed by atoms with E-state index in [1.807, 2.05) is 7.05 Å². The molecular weight excluding hydrogens is 130 g/mol. The Labute approximate surface area is 62.7 Å². The van der Waals surface area contributed by atoms with Gasteiger partial charge in [-0.2, -0.15) is 0 Å². The molecule has 0 radical (unpaired) electrons. The number of hydrogen-bond donors (Lipinski definition) is 1. The highest BCUT2D eigenvalue weighted by molar-refractivity contribution is 4.58. The molecule has 0 aliphatic carbocycles. The summed E-state index contributed by atoms with van der Waals surface area (Å²) in [4.78, 5) is 0. The molecule has 0 rings (SSSR count). The molecule has 0 spiro atoms. The Bertz CT molecular complexity index is 68.6. The van der Waals surface area contributed by atoms with Crippen LogP contribution in [0.2, 0.25) is 0 Å². The van der Waals surface area contributed by atoms with Crippen LogP contribution in [0.25, 0.3) is 0 Å². The summed E-state index contributed by atoms with van der Waals surface area (Å²) < 4.78 is 10.1. The van der Waals surface area contributed by atoms with Crippen molar-refractivity contribution in [3.63, 3.8) is 0 Å². The first-order chi connectivity index (χ1) is 4.85. The fraction of sp³-hybridized carbons (Fsp3) is 1.00. The van der Waals surface area contributed by atoms with Crippen molar-refractivity contribution in [1.82, 2.24) is 5.32 Å². The highest BCUT2D eigenvalue weighted by atomic mass is 16.5. The van der Waals surface area contributed by atoms with Gasteiger partial charge in [0.1, 0.15) is 0 Å². The van der Waals surface area contributed by atoms with Crippen molar-refractivity contribution in [3.05, 3.63) is 0 Å². The van der Waals surface area contributed by atoms with E-state index in [1.165, 1.54) is 0 Å². The van der Waals surface area contributed by atoms with Crippen molar-refractivity contribution in [2.45, 2.75) is 12.5 Å². The van der Waals surface area contributed by atoms with Crippen LogP contribution in [-0.2, 0) is 9.47 Å². The highest BCUT2D eigenvalue weighted by Gasteiger charge is 2.03. The molecule has 0 aromatic rings. The first-order valence-electron chi connectivity index (χ1n) is 3.51. The number of hydrogen-bond acceptors (Lipinski definition) is 3. The molecule has 0 saturated carbocycles. The van der Waals surface area contributed by atoms with Gasteiger partial charge in [0, 0.05) is 27.4 Å². The van der Waals surface area contributed by atoms with Gasteiger partial charge in [0.05, 0.1) is 6.10 Å². The van der Waals surface area contributed by atoms with Gasteiger partial charge < -0.3 is 14.8 Å².